The van der Waals surface area contributed by atoms with Crippen LogP contribution in [0.1, 0.15) is 50.2 Å². The number of halogens is 1. The summed E-state index contributed by atoms with van der Waals surface area (Å²) < 4.78 is 6.54. The molecule has 0 unspecified atom stereocenters. The SMILES string of the molecule is CC(C)N1C(=O)CC2(CC[N+](C)(CCOC(=O)C(c3ccccc3)c3ccccc3)CC2)C1=O.[I-]. The topological polar surface area (TPSA) is 63.7 Å². The molecule has 2 amide bonds. The Morgan fingerprint density at radius 1 is 0.971 bits per heavy atom. The number of ether oxygens (including phenoxy) is 1. The van der Waals surface area contributed by atoms with Crippen LogP contribution in [0.15, 0.2) is 60.7 Å². The van der Waals surface area contributed by atoms with Crippen molar-refractivity contribution < 1.29 is 47.6 Å². The van der Waals surface area contributed by atoms with Crippen LogP contribution < -0.4 is 24.0 Å². The molecule has 0 saturated carbocycles. The van der Waals surface area contributed by atoms with Crippen LogP contribution in [-0.4, -0.2) is 66.5 Å². The van der Waals surface area contributed by atoms with Gasteiger partial charge >= 0.3 is 5.97 Å². The predicted octanol–water partition coefficient (Wildman–Crippen LogP) is 0.760. The average Bonchev–Trinajstić information content (AvgIpc) is 3.07. The highest BCUT2D eigenvalue weighted by molar-refractivity contribution is 6.06. The van der Waals surface area contributed by atoms with Gasteiger partial charge in [-0.05, 0) is 25.0 Å². The molecule has 6 nitrogen and oxygen atoms in total. The summed E-state index contributed by atoms with van der Waals surface area (Å²) in [6, 6.07) is 19.3. The number of likely N-dealkylation sites (N-methyl/N-ethyl adjacent to an activating group) is 1. The summed E-state index contributed by atoms with van der Waals surface area (Å²) in [7, 11) is 2.15. The maximum atomic E-state index is 13.2. The van der Waals surface area contributed by atoms with Gasteiger partial charge in [-0.2, -0.15) is 0 Å². The number of quaternary nitrogens is 1. The zero-order valence-corrected chi connectivity index (χ0v) is 22.9. The van der Waals surface area contributed by atoms with Gasteiger partial charge in [-0.15, -0.1) is 0 Å². The summed E-state index contributed by atoms with van der Waals surface area (Å²) in [5.41, 5.74) is 1.29. The molecule has 0 bridgehead atoms. The molecule has 188 valence electrons. The Labute approximate surface area is 225 Å². The zero-order valence-electron chi connectivity index (χ0n) is 20.8. The number of esters is 1. The molecular formula is C28H35IN2O4. The highest BCUT2D eigenvalue weighted by Gasteiger charge is 2.55. The number of piperidine rings is 1. The van der Waals surface area contributed by atoms with Crippen molar-refractivity contribution in [2.45, 2.75) is 45.1 Å². The summed E-state index contributed by atoms with van der Waals surface area (Å²) >= 11 is 0. The van der Waals surface area contributed by atoms with E-state index in [9.17, 15) is 14.4 Å². The first-order valence-electron chi connectivity index (χ1n) is 12.2. The molecule has 2 aliphatic rings. The number of carbonyl (C=O) groups excluding carboxylic acids is 3. The van der Waals surface area contributed by atoms with E-state index in [0.717, 1.165) is 28.7 Å². The van der Waals surface area contributed by atoms with Crippen molar-refractivity contribution in [1.82, 2.24) is 4.90 Å². The minimum Gasteiger partial charge on any atom is -1.00 e. The minimum absolute atomic E-state index is 0. The van der Waals surface area contributed by atoms with Crippen molar-refractivity contribution in [1.29, 1.82) is 0 Å². The fourth-order valence-electron chi connectivity index (χ4n) is 5.37. The van der Waals surface area contributed by atoms with Crippen molar-refractivity contribution in [3.63, 3.8) is 0 Å². The fraction of sp³-hybridized carbons (Fsp3) is 0.464. The molecule has 2 heterocycles. The van der Waals surface area contributed by atoms with Gasteiger partial charge in [0.25, 0.3) is 0 Å². The summed E-state index contributed by atoms with van der Waals surface area (Å²) in [5, 5.41) is 0. The van der Waals surface area contributed by atoms with Gasteiger partial charge in [0, 0.05) is 25.3 Å². The Balaban J connectivity index is 0.00000342. The Hall–Kier alpha value is -2.26. The Morgan fingerprint density at radius 3 is 1.94 bits per heavy atom. The lowest BCUT2D eigenvalue weighted by atomic mass is 9.76. The van der Waals surface area contributed by atoms with Gasteiger partial charge in [-0.3, -0.25) is 19.3 Å². The van der Waals surface area contributed by atoms with E-state index < -0.39 is 11.3 Å². The number of benzene rings is 2. The van der Waals surface area contributed by atoms with Crippen LogP contribution in [0.25, 0.3) is 0 Å². The van der Waals surface area contributed by atoms with Crippen LogP contribution in [0.2, 0.25) is 0 Å². The van der Waals surface area contributed by atoms with Crippen molar-refractivity contribution in [3.8, 4) is 0 Å². The number of rotatable bonds is 7. The van der Waals surface area contributed by atoms with Crippen molar-refractivity contribution in [2.75, 3.05) is 33.3 Å². The standard InChI is InChI=1S/C28H35N2O4.HI/c1-21(2)29-24(31)20-28(27(29)33)14-16-30(3,17-15-28)18-19-34-26(32)25(22-10-6-4-7-11-22)23-12-8-5-9-13-23;/h4-13,21,25H,14-20H2,1-3H3;1H/q+1;/p-1. The summed E-state index contributed by atoms with van der Waals surface area (Å²) in [4.78, 5) is 40.1. The second-order valence-electron chi connectivity index (χ2n) is 10.3. The molecule has 4 rings (SSSR count). The normalized spacial score (nSPS) is 24.2. The fourth-order valence-corrected chi connectivity index (χ4v) is 5.37. The molecule has 2 aromatic carbocycles. The first kappa shape index (κ1) is 27.3. The minimum atomic E-state index is -0.540. The first-order chi connectivity index (χ1) is 16.2. The summed E-state index contributed by atoms with van der Waals surface area (Å²) in [6.45, 7) is 6.39. The van der Waals surface area contributed by atoms with Crippen molar-refractivity contribution >= 4 is 17.8 Å². The summed E-state index contributed by atoms with van der Waals surface area (Å²) in [6.07, 6.45) is 1.72. The molecule has 35 heavy (non-hydrogen) atoms. The van der Waals surface area contributed by atoms with E-state index in [0.29, 0.717) is 32.4 Å². The number of amides is 2. The lowest BCUT2D eigenvalue weighted by Gasteiger charge is -2.43. The lowest BCUT2D eigenvalue weighted by molar-refractivity contribution is -0.916. The molecule has 0 radical (unpaired) electrons. The largest absolute Gasteiger partial charge is 1.00 e. The number of carbonyl (C=O) groups is 3. The lowest BCUT2D eigenvalue weighted by Crippen LogP contribution is -3.00. The maximum absolute atomic E-state index is 13.2. The Kier molecular flexibility index (Phi) is 8.75. The molecule has 7 heteroatoms. The quantitative estimate of drug-likeness (QED) is 0.207. The maximum Gasteiger partial charge on any atom is 0.318 e. The van der Waals surface area contributed by atoms with Gasteiger partial charge < -0.3 is 33.2 Å². The third-order valence-corrected chi connectivity index (χ3v) is 7.58. The van der Waals surface area contributed by atoms with Crippen LogP contribution in [0.4, 0.5) is 0 Å². The van der Waals surface area contributed by atoms with Gasteiger partial charge in [-0.25, -0.2) is 0 Å². The van der Waals surface area contributed by atoms with Crippen LogP contribution in [0, 0.1) is 5.41 Å². The molecule has 2 aromatic rings. The number of likely N-dealkylation sites (tertiary alicyclic amines) is 2. The molecule has 2 fully saturated rings. The van der Waals surface area contributed by atoms with E-state index in [1.54, 1.807) is 0 Å². The highest BCUT2D eigenvalue weighted by atomic mass is 127. The Bertz CT molecular complexity index is 994. The van der Waals surface area contributed by atoms with Crippen LogP contribution >= 0.6 is 0 Å². The molecule has 0 aromatic heterocycles. The number of hydrogen-bond acceptors (Lipinski definition) is 4. The number of nitrogens with zero attached hydrogens (tertiary/aromatic N) is 2. The third-order valence-electron chi connectivity index (χ3n) is 7.58. The van der Waals surface area contributed by atoms with Gasteiger partial charge in [0.15, 0.2) is 0 Å². The molecular weight excluding hydrogens is 555 g/mol. The number of imide groups is 1. The monoisotopic (exact) mass is 590 g/mol. The van der Waals surface area contributed by atoms with Crippen molar-refractivity contribution in [3.05, 3.63) is 71.8 Å². The van der Waals surface area contributed by atoms with E-state index in [1.807, 2.05) is 74.5 Å². The molecule has 0 atom stereocenters. The van der Waals surface area contributed by atoms with Gasteiger partial charge in [-0.1, -0.05) is 60.7 Å². The highest BCUT2D eigenvalue weighted by Crippen LogP contribution is 2.44. The zero-order chi connectivity index (χ0) is 24.3. The third kappa shape index (κ3) is 5.77. The van der Waals surface area contributed by atoms with E-state index >= 15 is 0 Å². The Morgan fingerprint density at radius 2 is 1.49 bits per heavy atom. The summed E-state index contributed by atoms with van der Waals surface area (Å²) in [5.74, 6) is -0.750. The second-order valence-corrected chi connectivity index (χ2v) is 10.3. The van der Waals surface area contributed by atoms with Gasteiger partial charge in [0.2, 0.25) is 11.8 Å². The predicted molar refractivity (Wildman–Crippen MR) is 130 cm³/mol. The smallest absolute Gasteiger partial charge is 0.318 e. The molecule has 1 spiro atoms. The molecule has 2 aliphatic heterocycles. The molecule has 0 aliphatic carbocycles. The van der Waals surface area contributed by atoms with E-state index in [4.69, 9.17) is 4.74 Å². The molecule has 2 saturated heterocycles. The molecule has 0 N–H and O–H groups in total. The van der Waals surface area contributed by atoms with Gasteiger partial charge in [0.1, 0.15) is 19.1 Å². The first-order valence-corrected chi connectivity index (χ1v) is 12.2. The number of hydrogen-bond donors (Lipinski definition) is 0. The van der Waals surface area contributed by atoms with Crippen LogP contribution in [-0.2, 0) is 19.1 Å². The van der Waals surface area contributed by atoms with E-state index in [-0.39, 0.29) is 47.8 Å². The van der Waals surface area contributed by atoms with Crippen molar-refractivity contribution in [2.24, 2.45) is 5.41 Å². The van der Waals surface area contributed by atoms with Crippen LogP contribution in [0.3, 0.4) is 0 Å². The van der Waals surface area contributed by atoms with E-state index in [2.05, 4.69) is 7.05 Å². The van der Waals surface area contributed by atoms with Gasteiger partial charge in [0.05, 0.1) is 25.6 Å². The van der Waals surface area contributed by atoms with Crippen LogP contribution in [0.5, 0.6) is 0 Å². The van der Waals surface area contributed by atoms with E-state index in [1.165, 1.54) is 4.90 Å². The second kappa shape index (κ2) is 11.2. The average molecular weight is 591 g/mol.